The van der Waals surface area contributed by atoms with E-state index < -0.39 is 233 Å². The first kappa shape index (κ1) is 89.8. The molecule has 0 saturated carbocycles. The Labute approximate surface area is 568 Å². The first-order valence-corrected chi connectivity index (χ1v) is 31.5. The maximum absolute atomic E-state index is 13.3. The highest BCUT2D eigenvalue weighted by molar-refractivity contribution is 5.91. The molecular formula is C59H95N9O31. The third-order valence-electron chi connectivity index (χ3n) is 13.5. The number of carboxylic acids is 5. The molecule has 0 aliphatic heterocycles. The van der Waals surface area contributed by atoms with Gasteiger partial charge in [-0.3, -0.25) is 43.2 Å². The molecule has 0 fully saturated rings. The standard InChI is InChI=1S/C59H95N9O31/c1-5-6-44(70)61-35(52(78)79)10-18-50(76)67-41(58(89)98-33-30-95-27-24-92-3)13-21-47(73)64-37(54(82)83)9-17-46(72)63-39(56(86)87)12-20-51(77)68-42(59(90)99-34-31-96-28-25-93-4)14-22-48(74)65-36(53(80)81)8-16-45(71)62-38(55(84)85)11-19-49(75)66-40(7-15-43(60)69)57(88)97-32-29-94-26-23-91-2/h35-42H,5-34H2,1-4H3,(H2,60,69)(H,61,70)(H,62,71)(H,63,72)(H,64,73)(H,65,74)(H,66,75)(H,67,76)(H,68,77)(H,78,79)(H,80,81)(H,82,83)(H,84,85)(H,86,87). The van der Waals surface area contributed by atoms with Crippen LogP contribution >= 0.6 is 0 Å². The van der Waals surface area contributed by atoms with Crippen LogP contribution in [0.4, 0.5) is 0 Å². The number of carbonyl (C=O) groups excluding carboxylic acids is 12. The fourth-order valence-electron chi connectivity index (χ4n) is 8.25. The summed E-state index contributed by atoms with van der Waals surface area (Å²) in [6, 6.07) is -13.2. The molecule has 15 N–H and O–H groups in total. The topological polar surface area (TPSA) is 597 Å². The second-order valence-corrected chi connectivity index (χ2v) is 21.5. The predicted octanol–water partition coefficient (Wildman–Crippen LogP) is -4.57. The van der Waals surface area contributed by atoms with Crippen molar-refractivity contribution in [1.82, 2.24) is 42.5 Å². The van der Waals surface area contributed by atoms with E-state index in [1.807, 2.05) is 0 Å². The number of ether oxygens (including phenoxy) is 9. The largest absolute Gasteiger partial charge is 0.480 e. The highest BCUT2D eigenvalue weighted by Crippen LogP contribution is 2.11. The summed E-state index contributed by atoms with van der Waals surface area (Å²) in [5.74, 6) is -19.4. The van der Waals surface area contributed by atoms with Crippen LogP contribution in [0, 0.1) is 0 Å². The van der Waals surface area contributed by atoms with Crippen molar-refractivity contribution in [3.05, 3.63) is 0 Å². The zero-order valence-electron chi connectivity index (χ0n) is 55.8. The molecule has 0 saturated heterocycles. The molecular weight excluding hydrogens is 1330 g/mol. The number of amides is 9. The number of nitrogens with two attached hydrogens (primary N) is 1. The summed E-state index contributed by atoms with van der Waals surface area (Å²) < 4.78 is 45.7. The molecule has 8 atom stereocenters. The third kappa shape index (κ3) is 45.1. The summed E-state index contributed by atoms with van der Waals surface area (Å²) in [6.07, 6.45) is -8.64. The number of hydrogen-bond donors (Lipinski definition) is 14. The van der Waals surface area contributed by atoms with Crippen molar-refractivity contribution in [2.75, 3.05) is 101 Å². The molecule has 562 valence electrons. The summed E-state index contributed by atoms with van der Waals surface area (Å²) in [6.45, 7) is 1.64. The molecule has 0 aromatic carbocycles. The number of rotatable bonds is 60. The van der Waals surface area contributed by atoms with Crippen molar-refractivity contribution in [1.29, 1.82) is 0 Å². The van der Waals surface area contributed by atoms with Gasteiger partial charge in [-0.05, 0) is 57.8 Å². The Morgan fingerprint density at radius 3 is 0.646 bits per heavy atom. The molecule has 0 aromatic heterocycles. The first-order valence-electron chi connectivity index (χ1n) is 31.5. The van der Waals surface area contributed by atoms with Gasteiger partial charge in [0.05, 0.1) is 59.5 Å². The van der Waals surface area contributed by atoms with Crippen LogP contribution in [0.2, 0.25) is 0 Å². The van der Waals surface area contributed by atoms with Gasteiger partial charge in [-0.15, -0.1) is 0 Å². The molecule has 99 heavy (non-hydrogen) atoms. The second-order valence-electron chi connectivity index (χ2n) is 21.5. The molecule has 0 rings (SSSR count). The lowest BCUT2D eigenvalue weighted by molar-refractivity contribution is -0.150. The summed E-state index contributed by atoms with van der Waals surface area (Å²) >= 11 is 0. The number of esters is 3. The van der Waals surface area contributed by atoms with Gasteiger partial charge in [0.25, 0.3) is 0 Å². The molecule has 0 radical (unpaired) electrons. The van der Waals surface area contributed by atoms with Crippen LogP contribution in [0.15, 0.2) is 0 Å². The molecule has 0 spiro atoms. The van der Waals surface area contributed by atoms with Crippen LogP contribution in [0.1, 0.15) is 122 Å². The lowest BCUT2D eigenvalue weighted by atomic mass is 10.1. The van der Waals surface area contributed by atoms with E-state index in [1.165, 1.54) is 21.3 Å². The monoisotopic (exact) mass is 1430 g/mol. The highest BCUT2D eigenvalue weighted by Gasteiger charge is 2.32. The van der Waals surface area contributed by atoms with Crippen LogP contribution < -0.4 is 48.3 Å². The minimum atomic E-state index is -1.82. The third-order valence-corrected chi connectivity index (χ3v) is 13.5. The summed E-state index contributed by atoms with van der Waals surface area (Å²) in [7, 11) is 4.29. The van der Waals surface area contributed by atoms with Gasteiger partial charge < -0.3 is 116 Å². The zero-order chi connectivity index (χ0) is 74.7. The molecule has 40 heteroatoms. The summed E-state index contributed by atoms with van der Waals surface area (Å²) in [4.78, 5) is 214. The van der Waals surface area contributed by atoms with Gasteiger partial charge >= 0.3 is 47.8 Å². The lowest BCUT2D eigenvalue weighted by Crippen LogP contribution is -2.46. The predicted molar refractivity (Wildman–Crippen MR) is 333 cm³/mol. The first-order chi connectivity index (χ1) is 47.0. The molecule has 0 aliphatic rings. The SMILES string of the molecule is CCCC(=O)NC(CCC(=O)NC(CCC(=O)NC(CCC(=O)NC(CCC(=O)NC(CCC(=O)NC(CCC(=O)NC(CCC(=O)NC(CCC(N)=O)C(=O)OCCOCCOC)C(=O)O)C(=O)O)C(=O)OCCOCCOC)C(=O)O)C(=O)O)C(=O)OCCOCCOC)C(=O)O. The van der Waals surface area contributed by atoms with Gasteiger partial charge in [0.2, 0.25) is 53.2 Å². The maximum Gasteiger partial charge on any atom is 0.328 e. The number of carboxylic acid groups (broad SMARTS) is 5. The number of hydrogen-bond acceptors (Lipinski definition) is 26. The number of primary amides is 1. The Morgan fingerprint density at radius 2 is 0.455 bits per heavy atom. The van der Waals surface area contributed by atoms with Gasteiger partial charge in [-0.1, -0.05) is 6.92 Å². The lowest BCUT2D eigenvalue weighted by Gasteiger charge is -2.20. The maximum atomic E-state index is 13.3. The van der Waals surface area contributed by atoms with Gasteiger partial charge in [0, 0.05) is 79.1 Å². The molecule has 40 nitrogen and oxygen atoms in total. The van der Waals surface area contributed by atoms with E-state index in [4.69, 9.17) is 48.4 Å². The molecule has 9 amide bonds. The Bertz CT molecular complexity index is 2630. The van der Waals surface area contributed by atoms with Crippen LogP contribution in [0.3, 0.4) is 0 Å². The van der Waals surface area contributed by atoms with E-state index in [9.17, 15) is 107 Å². The minimum Gasteiger partial charge on any atom is -0.480 e. The Balaban J connectivity index is 5.85. The number of methoxy groups -OCH3 is 3. The molecule has 0 bridgehead atoms. The number of carbonyl (C=O) groups is 17. The summed E-state index contributed by atoms with van der Waals surface area (Å²) in [5.41, 5.74) is 5.19. The number of aliphatic carboxylic acids is 5. The van der Waals surface area contributed by atoms with Crippen molar-refractivity contribution in [3.63, 3.8) is 0 Å². The van der Waals surface area contributed by atoms with E-state index in [1.54, 1.807) is 6.92 Å². The average Bonchev–Trinajstić information content (AvgIpc) is 1.13. The fraction of sp³-hybridized carbons (Fsp3) is 0.712. The van der Waals surface area contributed by atoms with E-state index >= 15 is 0 Å². The molecule has 0 heterocycles. The van der Waals surface area contributed by atoms with E-state index in [0.717, 1.165) is 0 Å². The van der Waals surface area contributed by atoms with Crippen molar-refractivity contribution in [2.24, 2.45) is 5.73 Å². The average molecular weight is 1430 g/mol. The van der Waals surface area contributed by atoms with E-state index in [-0.39, 0.29) is 105 Å². The summed E-state index contributed by atoms with van der Waals surface area (Å²) in [5, 5.41) is 66.8. The zero-order valence-corrected chi connectivity index (χ0v) is 55.8. The Morgan fingerprint density at radius 1 is 0.273 bits per heavy atom. The van der Waals surface area contributed by atoms with Crippen LogP contribution in [0.5, 0.6) is 0 Å². The normalized spacial score (nSPS) is 13.3. The Kier molecular flexibility index (Phi) is 48.7. The van der Waals surface area contributed by atoms with Crippen molar-refractivity contribution >= 4 is 101 Å². The van der Waals surface area contributed by atoms with E-state index in [2.05, 4.69) is 42.5 Å². The van der Waals surface area contributed by atoms with E-state index in [0.29, 0.717) is 6.42 Å². The Hall–Kier alpha value is -9.25. The van der Waals surface area contributed by atoms with Crippen LogP contribution in [0.25, 0.3) is 0 Å². The molecule has 0 aliphatic carbocycles. The van der Waals surface area contributed by atoms with Gasteiger partial charge in [0.1, 0.15) is 68.2 Å². The van der Waals surface area contributed by atoms with Crippen LogP contribution in [-0.2, 0) is 124 Å². The quantitative estimate of drug-likeness (QED) is 0.0155. The van der Waals surface area contributed by atoms with Crippen molar-refractivity contribution in [3.8, 4) is 0 Å². The fourth-order valence-corrected chi connectivity index (χ4v) is 8.25. The van der Waals surface area contributed by atoms with Crippen molar-refractivity contribution in [2.45, 2.75) is 171 Å². The second kappa shape index (κ2) is 53.8. The molecule has 8 unspecified atom stereocenters. The van der Waals surface area contributed by atoms with Crippen LogP contribution in [-0.4, -0.2) is 275 Å². The smallest absolute Gasteiger partial charge is 0.328 e. The van der Waals surface area contributed by atoms with Gasteiger partial charge in [-0.2, -0.15) is 0 Å². The van der Waals surface area contributed by atoms with Crippen molar-refractivity contribution < 1.29 is 150 Å². The van der Waals surface area contributed by atoms with Gasteiger partial charge in [-0.25, -0.2) is 38.4 Å². The highest BCUT2D eigenvalue weighted by atomic mass is 16.6. The number of nitrogens with one attached hydrogen (secondary N) is 8. The minimum absolute atomic E-state index is 0.0210. The van der Waals surface area contributed by atoms with Gasteiger partial charge in [0.15, 0.2) is 0 Å². The molecule has 0 aromatic rings.